The van der Waals surface area contributed by atoms with E-state index in [9.17, 15) is 4.79 Å². The van der Waals surface area contributed by atoms with E-state index in [4.69, 9.17) is 4.74 Å². The van der Waals surface area contributed by atoms with Gasteiger partial charge in [-0.1, -0.05) is 6.58 Å². The zero-order valence-electron chi connectivity index (χ0n) is 8.85. The number of ether oxygens (including phenoxy) is 2. The lowest BCUT2D eigenvalue weighted by atomic mass is 9.99. The van der Waals surface area contributed by atoms with Crippen molar-refractivity contribution in [3.05, 3.63) is 12.2 Å². The van der Waals surface area contributed by atoms with Crippen LogP contribution in [0.15, 0.2) is 12.2 Å². The summed E-state index contributed by atoms with van der Waals surface area (Å²) in [4.78, 5) is 11.0. The van der Waals surface area contributed by atoms with Crippen molar-refractivity contribution in [2.24, 2.45) is 0 Å². The number of rotatable bonds is 5. The molecular formula is C10H18O3. The van der Waals surface area contributed by atoms with Gasteiger partial charge in [0.1, 0.15) is 0 Å². The highest BCUT2D eigenvalue weighted by molar-refractivity contribution is 5.87. The number of carbonyl (C=O) groups excluding carboxylic acids is 1. The highest BCUT2D eigenvalue weighted by Gasteiger charge is 2.18. The monoisotopic (exact) mass is 186 g/mol. The summed E-state index contributed by atoms with van der Waals surface area (Å²) >= 11 is 0. The van der Waals surface area contributed by atoms with E-state index in [1.165, 1.54) is 7.11 Å². The highest BCUT2D eigenvalue weighted by Crippen LogP contribution is 2.18. The van der Waals surface area contributed by atoms with Crippen molar-refractivity contribution in [1.82, 2.24) is 0 Å². The lowest BCUT2D eigenvalue weighted by molar-refractivity contribution is -0.136. The van der Waals surface area contributed by atoms with Crippen molar-refractivity contribution < 1.29 is 14.3 Å². The van der Waals surface area contributed by atoms with Crippen LogP contribution in [0.1, 0.15) is 26.7 Å². The van der Waals surface area contributed by atoms with E-state index in [0.29, 0.717) is 12.0 Å². The first-order valence-corrected chi connectivity index (χ1v) is 4.24. The summed E-state index contributed by atoms with van der Waals surface area (Å²) in [6.07, 6.45) is 1.37. The van der Waals surface area contributed by atoms with Gasteiger partial charge in [-0.15, -0.1) is 0 Å². The van der Waals surface area contributed by atoms with Crippen LogP contribution in [0.2, 0.25) is 0 Å². The van der Waals surface area contributed by atoms with Crippen LogP contribution >= 0.6 is 0 Å². The van der Waals surface area contributed by atoms with Gasteiger partial charge in [0.25, 0.3) is 0 Å². The van der Waals surface area contributed by atoms with Gasteiger partial charge in [-0.3, -0.25) is 0 Å². The number of hydrogen-bond donors (Lipinski definition) is 0. The van der Waals surface area contributed by atoms with E-state index in [0.717, 1.165) is 6.42 Å². The first-order chi connectivity index (χ1) is 5.93. The number of carbonyl (C=O) groups is 1. The summed E-state index contributed by atoms with van der Waals surface area (Å²) < 4.78 is 9.74. The SMILES string of the molecule is C=C(CCC(C)(C)OC)C(=O)OC. The third-order valence-corrected chi connectivity index (χ3v) is 2.06. The topological polar surface area (TPSA) is 35.5 Å². The molecule has 0 unspecified atom stereocenters. The van der Waals surface area contributed by atoms with Crippen LogP contribution in [0.5, 0.6) is 0 Å². The molecule has 0 spiro atoms. The normalized spacial score (nSPS) is 11.1. The van der Waals surface area contributed by atoms with Crippen molar-refractivity contribution in [3.63, 3.8) is 0 Å². The Morgan fingerprint density at radius 2 is 1.92 bits per heavy atom. The van der Waals surface area contributed by atoms with E-state index in [1.807, 2.05) is 13.8 Å². The molecular weight excluding hydrogens is 168 g/mol. The van der Waals surface area contributed by atoms with Gasteiger partial charge >= 0.3 is 5.97 Å². The second-order valence-electron chi connectivity index (χ2n) is 3.56. The van der Waals surface area contributed by atoms with Gasteiger partial charge in [0, 0.05) is 12.7 Å². The Morgan fingerprint density at radius 1 is 1.38 bits per heavy atom. The summed E-state index contributed by atoms with van der Waals surface area (Å²) in [6.45, 7) is 7.57. The van der Waals surface area contributed by atoms with Crippen LogP contribution in [0.3, 0.4) is 0 Å². The van der Waals surface area contributed by atoms with Crippen LogP contribution in [-0.4, -0.2) is 25.8 Å². The van der Waals surface area contributed by atoms with Crippen molar-refractivity contribution in [3.8, 4) is 0 Å². The number of esters is 1. The maximum absolute atomic E-state index is 11.0. The Hall–Kier alpha value is -0.830. The Labute approximate surface area is 79.7 Å². The van der Waals surface area contributed by atoms with Crippen LogP contribution in [0.25, 0.3) is 0 Å². The van der Waals surface area contributed by atoms with Gasteiger partial charge in [-0.2, -0.15) is 0 Å². The molecule has 0 atom stereocenters. The third kappa shape index (κ3) is 4.68. The van der Waals surface area contributed by atoms with Gasteiger partial charge in [0.15, 0.2) is 0 Å². The van der Waals surface area contributed by atoms with Crippen LogP contribution < -0.4 is 0 Å². The molecule has 0 aromatic heterocycles. The van der Waals surface area contributed by atoms with Gasteiger partial charge < -0.3 is 9.47 Å². The molecule has 0 aliphatic heterocycles. The van der Waals surface area contributed by atoms with Crippen molar-refractivity contribution >= 4 is 5.97 Å². The molecule has 3 nitrogen and oxygen atoms in total. The van der Waals surface area contributed by atoms with Gasteiger partial charge in [0.2, 0.25) is 0 Å². The van der Waals surface area contributed by atoms with Crippen LogP contribution in [0.4, 0.5) is 0 Å². The molecule has 0 fully saturated rings. The van der Waals surface area contributed by atoms with Gasteiger partial charge in [-0.25, -0.2) is 4.79 Å². The molecule has 0 radical (unpaired) electrons. The number of methoxy groups -OCH3 is 2. The fourth-order valence-electron chi connectivity index (χ4n) is 0.800. The van der Waals surface area contributed by atoms with E-state index >= 15 is 0 Å². The molecule has 0 aromatic carbocycles. The second-order valence-corrected chi connectivity index (χ2v) is 3.56. The van der Waals surface area contributed by atoms with Crippen LogP contribution in [0, 0.1) is 0 Å². The highest BCUT2D eigenvalue weighted by atomic mass is 16.5. The fraction of sp³-hybridized carbons (Fsp3) is 0.700. The molecule has 0 aliphatic carbocycles. The predicted octanol–water partition coefficient (Wildman–Crippen LogP) is 1.92. The minimum atomic E-state index is -0.341. The molecule has 13 heavy (non-hydrogen) atoms. The van der Waals surface area contributed by atoms with E-state index in [-0.39, 0.29) is 11.6 Å². The summed E-state index contributed by atoms with van der Waals surface area (Å²) in [7, 11) is 3.01. The van der Waals surface area contributed by atoms with E-state index in [1.54, 1.807) is 7.11 Å². The summed E-state index contributed by atoms with van der Waals surface area (Å²) in [6, 6.07) is 0. The van der Waals surface area contributed by atoms with Gasteiger partial charge in [-0.05, 0) is 26.7 Å². The number of hydrogen-bond acceptors (Lipinski definition) is 3. The minimum Gasteiger partial charge on any atom is -0.466 e. The van der Waals surface area contributed by atoms with Crippen molar-refractivity contribution in [2.45, 2.75) is 32.3 Å². The Bertz CT molecular complexity index is 194. The molecule has 0 heterocycles. The zero-order valence-corrected chi connectivity index (χ0v) is 8.85. The largest absolute Gasteiger partial charge is 0.466 e. The summed E-state index contributed by atoms with van der Waals surface area (Å²) in [5.41, 5.74) is 0.282. The molecule has 0 bridgehead atoms. The maximum atomic E-state index is 11.0. The molecule has 3 heteroatoms. The lowest BCUT2D eigenvalue weighted by Gasteiger charge is -2.22. The van der Waals surface area contributed by atoms with E-state index in [2.05, 4.69) is 11.3 Å². The molecule has 0 rings (SSSR count). The fourth-order valence-corrected chi connectivity index (χ4v) is 0.800. The standard InChI is InChI=1S/C10H18O3/c1-8(9(11)12-4)6-7-10(2,3)13-5/h1,6-7H2,2-5H3. The molecule has 0 saturated heterocycles. The Kier molecular flexibility index (Phi) is 4.70. The van der Waals surface area contributed by atoms with Crippen LogP contribution in [-0.2, 0) is 14.3 Å². The third-order valence-electron chi connectivity index (χ3n) is 2.06. The first kappa shape index (κ1) is 12.2. The zero-order chi connectivity index (χ0) is 10.5. The summed E-state index contributed by atoms with van der Waals surface area (Å²) in [5.74, 6) is -0.341. The maximum Gasteiger partial charge on any atom is 0.333 e. The second kappa shape index (κ2) is 5.02. The molecule has 0 aromatic rings. The molecule has 76 valence electrons. The molecule has 0 saturated carbocycles. The molecule has 0 N–H and O–H groups in total. The smallest absolute Gasteiger partial charge is 0.333 e. The first-order valence-electron chi connectivity index (χ1n) is 4.24. The quantitative estimate of drug-likeness (QED) is 0.486. The average molecular weight is 186 g/mol. The minimum absolute atomic E-state index is 0.211. The Balaban J connectivity index is 3.90. The molecule has 0 aliphatic rings. The van der Waals surface area contributed by atoms with Gasteiger partial charge in [0.05, 0.1) is 12.7 Å². The molecule has 0 amide bonds. The van der Waals surface area contributed by atoms with Crippen molar-refractivity contribution in [1.29, 1.82) is 0 Å². The van der Waals surface area contributed by atoms with E-state index < -0.39 is 0 Å². The predicted molar refractivity (Wildman–Crippen MR) is 51.5 cm³/mol. The average Bonchev–Trinajstić information content (AvgIpc) is 2.13. The summed E-state index contributed by atoms with van der Waals surface area (Å²) in [5, 5.41) is 0. The van der Waals surface area contributed by atoms with Crippen molar-refractivity contribution in [2.75, 3.05) is 14.2 Å². The Morgan fingerprint density at radius 3 is 2.31 bits per heavy atom. The lowest BCUT2D eigenvalue weighted by Crippen LogP contribution is -2.22.